The van der Waals surface area contributed by atoms with Gasteiger partial charge in [-0.2, -0.15) is 0 Å². The van der Waals surface area contributed by atoms with Gasteiger partial charge in [-0.1, -0.05) is 11.6 Å². The number of ether oxygens (including phenoxy) is 1. The predicted octanol–water partition coefficient (Wildman–Crippen LogP) is 3.27. The molecule has 0 aliphatic rings. The molecule has 0 aliphatic heterocycles. The summed E-state index contributed by atoms with van der Waals surface area (Å²) in [5.74, 6) is 0.876. The van der Waals surface area contributed by atoms with Crippen molar-refractivity contribution in [1.29, 1.82) is 0 Å². The van der Waals surface area contributed by atoms with E-state index in [4.69, 9.17) is 22.1 Å². The molecule has 0 bridgehead atoms. The number of rotatable bonds is 4. The van der Waals surface area contributed by atoms with Gasteiger partial charge in [0, 0.05) is 17.6 Å². The van der Waals surface area contributed by atoms with Crippen LogP contribution in [0.4, 0.5) is 0 Å². The first kappa shape index (κ1) is 13.2. The molecule has 1 aromatic heterocycles. The maximum Gasteiger partial charge on any atom is 0.128 e. The molecule has 2 N–H and O–H groups in total. The summed E-state index contributed by atoms with van der Waals surface area (Å²) in [6.07, 6.45) is 0.942. The second-order valence-electron chi connectivity index (χ2n) is 4.48. The van der Waals surface area contributed by atoms with Crippen molar-refractivity contribution < 1.29 is 4.74 Å². The van der Waals surface area contributed by atoms with Crippen molar-refractivity contribution in [3.8, 4) is 5.75 Å². The van der Waals surface area contributed by atoms with Crippen molar-refractivity contribution in [2.45, 2.75) is 26.8 Å². The summed E-state index contributed by atoms with van der Waals surface area (Å²) in [7, 11) is 1.69. The molecule has 1 aromatic carbocycles. The minimum atomic E-state index is 0.680. The first-order chi connectivity index (χ1) is 8.61. The lowest BCUT2D eigenvalue weighted by atomic mass is 10.1. The van der Waals surface area contributed by atoms with E-state index in [0.717, 1.165) is 34.6 Å². The summed E-state index contributed by atoms with van der Waals surface area (Å²) in [4.78, 5) is 0. The molecule has 0 aliphatic carbocycles. The minimum absolute atomic E-state index is 0.680. The molecular weight excluding hydrogens is 248 g/mol. The van der Waals surface area contributed by atoms with Crippen LogP contribution in [-0.4, -0.2) is 18.2 Å². The fourth-order valence-electron chi connectivity index (χ4n) is 2.42. The molecule has 0 saturated heterocycles. The number of methoxy groups -OCH3 is 1. The number of aryl methyl sites for hydroxylation is 2. The minimum Gasteiger partial charge on any atom is -0.496 e. The Bertz CT molecular complexity index is 575. The SMILES string of the molecule is COc1ccc(Cl)c2c1c(C)c(C)n2CCCN. The molecule has 0 unspecified atom stereocenters. The maximum atomic E-state index is 6.35. The van der Waals surface area contributed by atoms with Crippen LogP contribution in [-0.2, 0) is 6.54 Å². The van der Waals surface area contributed by atoms with Crippen LogP contribution >= 0.6 is 11.6 Å². The first-order valence-corrected chi connectivity index (χ1v) is 6.51. The summed E-state index contributed by atoms with van der Waals surface area (Å²) in [5.41, 5.74) is 9.11. The van der Waals surface area contributed by atoms with Gasteiger partial charge in [-0.3, -0.25) is 0 Å². The van der Waals surface area contributed by atoms with Crippen LogP contribution in [0, 0.1) is 13.8 Å². The number of hydrogen-bond acceptors (Lipinski definition) is 2. The monoisotopic (exact) mass is 266 g/mol. The average molecular weight is 267 g/mol. The van der Waals surface area contributed by atoms with Gasteiger partial charge in [-0.05, 0) is 44.5 Å². The molecule has 0 spiro atoms. The predicted molar refractivity (Wildman–Crippen MR) is 76.6 cm³/mol. The Morgan fingerprint density at radius 3 is 2.67 bits per heavy atom. The van der Waals surface area contributed by atoms with E-state index in [9.17, 15) is 0 Å². The van der Waals surface area contributed by atoms with Crippen molar-refractivity contribution in [3.63, 3.8) is 0 Å². The molecule has 3 nitrogen and oxygen atoms in total. The lowest BCUT2D eigenvalue weighted by Crippen LogP contribution is -2.07. The molecule has 2 rings (SSSR count). The Balaban J connectivity index is 2.74. The largest absolute Gasteiger partial charge is 0.496 e. The molecule has 98 valence electrons. The lowest BCUT2D eigenvalue weighted by molar-refractivity contribution is 0.419. The summed E-state index contributed by atoms with van der Waals surface area (Å²) in [6.45, 7) is 5.79. The van der Waals surface area contributed by atoms with Gasteiger partial charge in [-0.25, -0.2) is 0 Å². The van der Waals surface area contributed by atoms with Gasteiger partial charge in [0.2, 0.25) is 0 Å². The van der Waals surface area contributed by atoms with Gasteiger partial charge in [-0.15, -0.1) is 0 Å². The third-order valence-electron chi connectivity index (χ3n) is 3.49. The highest BCUT2D eigenvalue weighted by Crippen LogP contribution is 2.37. The highest BCUT2D eigenvalue weighted by atomic mass is 35.5. The first-order valence-electron chi connectivity index (χ1n) is 6.13. The zero-order valence-corrected chi connectivity index (χ0v) is 11.8. The fourth-order valence-corrected chi connectivity index (χ4v) is 2.68. The average Bonchev–Trinajstić information content (AvgIpc) is 2.62. The summed E-state index contributed by atoms with van der Waals surface area (Å²) < 4.78 is 7.68. The van der Waals surface area contributed by atoms with Gasteiger partial charge < -0.3 is 15.0 Å². The number of nitrogens with two attached hydrogens (primary N) is 1. The van der Waals surface area contributed by atoms with Crippen molar-refractivity contribution >= 4 is 22.5 Å². The Morgan fingerprint density at radius 2 is 2.06 bits per heavy atom. The zero-order chi connectivity index (χ0) is 13.3. The molecule has 0 amide bonds. The van der Waals surface area contributed by atoms with E-state index >= 15 is 0 Å². The van der Waals surface area contributed by atoms with Crippen LogP contribution in [0.2, 0.25) is 5.02 Å². The highest BCUT2D eigenvalue weighted by Gasteiger charge is 2.17. The lowest BCUT2D eigenvalue weighted by Gasteiger charge is -2.09. The summed E-state index contributed by atoms with van der Waals surface area (Å²) in [6, 6.07) is 3.81. The van der Waals surface area contributed by atoms with Crippen LogP contribution in [0.15, 0.2) is 12.1 Å². The zero-order valence-electron chi connectivity index (χ0n) is 11.1. The van der Waals surface area contributed by atoms with Crippen LogP contribution in [0.25, 0.3) is 10.9 Å². The molecule has 4 heteroatoms. The number of fused-ring (bicyclic) bond motifs is 1. The van der Waals surface area contributed by atoms with Crippen LogP contribution in [0.3, 0.4) is 0 Å². The van der Waals surface area contributed by atoms with E-state index in [-0.39, 0.29) is 0 Å². The third kappa shape index (κ3) is 1.98. The molecule has 0 fully saturated rings. The Labute approximate surface area is 112 Å². The molecule has 18 heavy (non-hydrogen) atoms. The summed E-state index contributed by atoms with van der Waals surface area (Å²) in [5, 5.41) is 1.87. The molecule has 2 aromatic rings. The number of halogens is 1. The van der Waals surface area contributed by atoms with Gasteiger partial charge in [0.25, 0.3) is 0 Å². The van der Waals surface area contributed by atoms with Crippen molar-refractivity contribution in [1.82, 2.24) is 4.57 Å². The van der Waals surface area contributed by atoms with E-state index in [1.54, 1.807) is 7.11 Å². The van der Waals surface area contributed by atoms with Gasteiger partial charge in [0.05, 0.1) is 17.6 Å². The van der Waals surface area contributed by atoms with E-state index in [1.165, 1.54) is 11.3 Å². The van der Waals surface area contributed by atoms with Crippen molar-refractivity contribution in [2.75, 3.05) is 13.7 Å². The van der Waals surface area contributed by atoms with Crippen molar-refractivity contribution in [2.24, 2.45) is 5.73 Å². The summed E-state index contributed by atoms with van der Waals surface area (Å²) >= 11 is 6.35. The fraction of sp³-hybridized carbons (Fsp3) is 0.429. The maximum absolute atomic E-state index is 6.35. The Kier molecular flexibility index (Phi) is 3.83. The number of hydrogen-bond donors (Lipinski definition) is 1. The highest BCUT2D eigenvalue weighted by molar-refractivity contribution is 6.35. The van der Waals surface area contributed by atoms with E-state index in [0.29, 0.717) is 6.54 Å². The Morgan fingerprint density at radius 1 is 1.33 bits per heavy atom. The number of aromatic nitrogens is 1. The van der Waals surface area contributed by atoms with Crippen molar-refractivity contribution in [3.05, 3.63) is 28.4 Å². The smallest absolute Gasteiger partial charge is 0.128 e. The molecular formula is C14H19ClN2O. The molecule has 0 radical (unpaired) electrons. The van der Waals surface area contributed by atoms with Gasteiger partial charge >= 0.3 is 0 Å². The normalized spacial score (nSPS) is 11.2. The molecule has 0 saturated carbocycles. The van der Waals surface area contributed by atoms with E-state index in [1.807, 2.05) is 12.1 Å². The van der Waals surface area contributed by atoms with Crippen LogP contribution in [0.5, 0.6) is 5.75 Å². The van der Waals surface area contributed by atoms with E-state index in [2.05, 4.69) is 18.4 Å². The second kappa shape index (κ2) is 5.21. The number of benzene rings is 1. The topological polar surface area (TPSA) is 40.2 Å². The standard InChI is InChI=1S/C14H19ClN2O/c1-9-10(2)17(8-4-7-16)14-11(15)5-6-12(18-3)13(9)14/h5-6H,4,7-8,16H2,1-3H3. The third-order valence-corrected chi connectivity index (χ3v) is 3.79. The molecule has 1 heterocycles. The van der Waals surface area contributed by atoms with Crippen LogP contribution in [0.1, 0.15) is 17.7 Å². The molecule has 0 atom stereocenters. The number of nitrogens with zero attached hydrogens (tertiary/aromatic N) is 1. The van der Waals surface area contributed by atoms with Crippen LogP contribution < -0.4 is 10.5 Å². The van der Waals surface area contributed by atoms with Gasteiger partial charge in [0.15, 0.2) is 0 Å². The van der Waals surface area contributed by atoms with E-state index < -0.39 is 0 Å². The Hall–Kier alpha value is -1.19. The second-order valence-corrected chi connectivity index (χ2v) is 4.88. The van der Waals surface area contributed by atoms with Gasteiger partial charge in [0.1, 0.15) is 5.75 Å². The quantitative estimate of drug-likeness (QED) is 0.923.